The van der Waals surface area contributed by atoms with Crippen molar-refractivity contribution in [2.45, 2.75) is 64.0 Å². The molecule has 0 bridgehead atoms. The smallest absolute Gasteiger partial charge is 0.211 e. The fourth-order valence-corrected chi connectivity index (χ4v) is 7.41. The van der Waals surface area contributed by atoms with Gasteiger partial charge in [-0.1, -0.05) is 13.8 Å². The fourth-order valence-electron chi connectivity index (χ4n) is 1.81. The Bertz CT molecular complexity index is 158. The Labute approximate surface area is 98.0 Å². The second-order valence-corrected chi connectivity index (χ2v) is 9.44. The number of nitrogens with two attached hydrogens (primary N) is 2. The molecule has 0 saturated heterocycles. The molecule has 0 aromatic carbocycles. The van der Waals surface area contributed by atoms with Gasteiger partial charge in [-0.2, -0.15) is 0 Å². The van der Waals surface area contributed by atoms with E-state index in [9.17, 15) is 0 Å². The summed E-state index contributed by atoms with van der Waals surface area (Å²) in [7, 11) is -1.09. The van der Waals surface area contributed by atoms with Crippen molar-refractivity contribution in [3.05, 3.63) is 0 Å². The summed E-state index contributed by atoms with van der Waals surface area (Å²) < 4.78 is 5.98. The van der Waals surface area contributed by atoms with Crippen LogP contribution in [-0.2, 0) is 4.12 Å². The summed E-state index contributed by atoms with van der Waals surface area (Å²) in [6.45, 7) is 8.62. The summed E-state index contributed by atoms with van der Waals surface area (Å²) in [6, 6.07) is 2.64. The molecule has 0 aliphatic rings. The zero-order valence-electron chi connectivity index (χ0n) is 10.5. The molecule has 0 spiro atoms. The van der Waals surface area contributed by atoms with Gasteiger partial charge in [0.05, 0.1) is 0 Å². The van der Waals surface area contributed by atoms with E-state index in [0.717, 1.165) is 24.9 Å². The molecular formula is C10H26N2OSi2. The number of hydrogen-bond donors (Lipinski definition) is 2. The van der Waals surface area contributed by atoms with E-state index in [1.807, 2.05) is 0 Å². The van der Waals surface area contributed by atoms with E-state index in [0.29, 0.717) is 9.76 Å². The second kappa shape index (κ2) is 7.56. The molecule has 3 nitrogen and oxygen atoms in total. The normalized spacial score (nSPS) is 19.6. The molecule has 2 atom stereocenters. The van der Waals surface area contributed by atoms with E-state index in [1.54, 1.807) is 0 Å². The zero-order chi connectivity index (χ0) is 11.9. The van der Waals surface area contributed by atoms with Gasteiger partial charge >= 0.3 is 0 Å². The maximum absolute atomic E-state index is 6.02. The minimum absolute atomic E-state index is 0.280. The van der Waals surface area contributed by atoms with Gasteiger partial charge in [0.2, 0.25) is 9.76 Å². The highest BCUT2D eigenvalue weighted by atomic mass is 28.4. The molecule has 2 radical (unpaired) electrons. The van der Waals surface area contributed by atoms with Crippen LogP contribution < -0.4 is 11.5 Å². The van der Waals surface area contributed by atoms with E-state index in [-0.39, 0.29) is 12.1 Å². The van der Waals surface area contributed by atoms with Crippen molar-refractivity contribution in [2.75, 3.05) is 0 Å². The van der Waals surface area contributed by atoms with Gasteiger partial charge in [0.15, 0.2) is 8.32 Å². The van der Waals surface area contributed by atoms with Gasteiger partial charge in [-0.25, -0.2) is 0 Å². The molecule has 0 aliphatic carbocycles. The van der Waals surface area contributed by atoms with Crippen molar-refractivity contribution >= 4 is 18.1 Å². The topological polar surface area (TPSA) is 61.3 Å². The Morgan fingerprint density at radius 3 is 1.80 bits per heavy atom. The molecule has 0 aromatic rings. The summed E-state index contributed by atoms with van der Waals surface area (Å²) >= 11 is 0. The van der Waals surface area contributed by atoms with E-state index in [1.165, 1.54) is 0 Å². The Morgan fingerprint density at radius 1 is 1.13 bits per heavy atom. The van der Waals surface area contributed by atoms with Crippen molar-refractivity contribution in [1.82, 2.24) is 0 Å². The van der Waals surface area contributed by atoms with Crippen LogP contribution in [0.1, 0.15) is 26.7 Å². The van der Waals surface area contributed by atoms with Crippen LogP contribution in [0.25, 0.3) is 0 Å². The predicted octanol–water partition coefficient (Wildman–Crippen LogP) is 1.72. The zero-order valence-corrected chi connectivity index (χ0v) is 12.5. The first kappa shape index (κ1) is 15.3. The minimum atomic E-state index is -1.66. The minimum Gasteiger partial charge on any atom is -0.456 e. The largest absolute Gasteiger partial charge is 0.456 e. The fraction of sp³-hybridized carbons (Fsp3) is 1.00. The van der Waals surface area contributed by atoms with Gasteiger partial charge in [0.25, 0.3) is 0 Å². The molecule has 0 rings (SSSR count). The Kier molecular flexibility index (Phi) is 7.72. The van der Waals surface area contributed by atoms with Crippen LogP contribution in [0, 0.1) is 0 Å². The van der Waals surface area contributed by atoms with Crippen molar-refractivity contribution < 1.29 is 4.12 Å². The molecule has 4 N–H and O–H groups in total. The molecule has 15 heavy (non-hydrogen) atoms. The first-order chi connectivity index (χ1) is 6.97. The van der Waals surface area contributed by atoms with Crippen LogP contribution in [0.4, 0.5) is 0 Å². The van der Waals surface area contributed by atoms with Gasteiger partial charge in [-0.3, -0.25) is 0 Å². The van der Waals surface area contributed by atoms with Crippen molar-refractivity contribution in [2.24, 2.45) is 11.5 Å². The molecule has 5 heteroatoms. The lowest BCUT2D eigenvalue weighted by atomic mass is 10.3. The van der Waals surface area contributed by atoms with Crippen molar-refractivity contribution in [3.63, 3.8) is 0 Å². The molecule has 0 fully saturated rings. The predicted molar refractivity (Wildman–Crippen MR) is 70.5 cm³/mol. The molecular weight excluding hydrogens is 220 g/mol. The molecule has 0 saturated carbocycles. The third-order valence-electron chi connectivity index (χ3n) is 2.79. The standard InChI is InChI=1S/C10H26N2OSi2/c1-5-9(11)7-15(4,13-14-3)8-10(12)6-2/h9-10H,5-8,11-12H2,1-4H3. The Hall–Kier alpha value is 0.314. The third kappa shape index (κ3) is 6.47. The van der Waals surface area contributed by atoms with Crippen LogP contribution >= 0.6 is 0 Å². The van der Waals surface area contributed by atoms with Crippen LogP contribution in [0.2, 0.25) is 25.2 Å². The highest BCUT2D eigenvalue weighted by Gasteiger charge is 2.31. The van der Waals surface area contributed by atoms with Gasteiger partial charge in [-0.15, -0.1) is 0 Å². The summed E-state index contributed by atoms with van der Waals surface area (Å²) in [5.41, 5.74) is 12.0. The van der Waals surface area contributed by atoms with Gasteiger partial charge in [0.1, 0.15) is 0 Å². The monoisotopic (exact) mass is 246 g/mol. The van der Waals surface area contributed by atoms with Crippen LogP contribution in [0.15, 0.2) is 0 Å². The highest BCUT2D eigenvalue weighted by molar-refractivity contribution is 6.76. The van der Waals surface area contributed by atoms with Gasteiger partial charge in [-0.05, 0) is 38.0 Å². The summed E-state index contributed by atoms with van der Waals surface area (Å²) in [6.07, 6.45) is 2.06. The second-order valence-electron chi connectivity index (χ2n) is 4.50. The van der Waals surface area contributed by atoms with Gasteiger partial charge in [0, 0.05) is 12.1 Å². The number of rotatable bonds is 8. The molecule has 0 amide bonds. The molecule has 2 unspecified atom stereocenters. The van der Waals surface area contributed by atoms with Crippen molar-refractivity contribution in [3.8, 4) is 0 Å². The van der Waals surface area contributed by atoms with Crippen LogP contribution in [0.5, 0.6) is 0 Å². The molecule has 0 aliphatic heterocycles. The van der Waals surface area contributed by atoms with E-state index in [4.69, 9.17) is 15.6 Å². The Balaban J connectivity index is 4.29. The average Bonchev–Trinajstić information content (AvgIpc) is 2.17. The lowest BCUT2D eigenvalue weighted by Gasteiger charge is -2.31. The molecule has 0 heterocycles. The summed E-state index contributed by atoms with van der Waals surface area (Å²) in [4.78, 5) is 0. The Morgan fingerprint density at radius 2 is 1.53 bits per heavy atom. The summed E-state index contributed by atoms with van der Waals surface area (Å²) in [5, 5.41) is 0. The SMILES string of the molecule is CCC(N)C[Si](C)(CC(N)CC)O[Si]C. The van der Waals surface area contributed by atoms with E-state index < -0.39 is 8.32 Å². The first-order valence-corrected chi connectivity index (χ1v) is 10.1. The lowest BCUT2D eigenvalue weighted by molar-refractivity contribution is 0.534. The average molecular weight is 247 g/mol. The van der Waals surface area contributed by atoms with E-state index >= 15 is 0 Å². The van der Waals surface area contributed by atoms with Crippen molar-refractivity contribution in [1.29, 1.82) is 0 Å². The lowest BCUT2D eigenvalue weighted by Crippen LogP contribution is -2.45. The van der Waals surface area contributed by atoms with Gasteiger partial charge < -0.3 is 15.6 Å². The summed E-state index contributed by atoms with van der Waals surface area (Å²) in [5.74, 6) is 0. The molecule has 90 valence electrons. The number of hydrogen-bond acceptors (Lipinski definition) is 3. The maximum atomic E-state index is 6.02. The quantitative estimate of drug-likeness (QED) is 0.641. The maximum Gasteiger partial charge on any atom is 0.211 e. The first-order valence-electron chi connectivity index (χ1n) is 5.83. The van der Waals surface area contributed by atoms with Crippen LogP contribution in [-0.4, -0.2) is 30.2 Å². The third-order valence-corrected chi connectivity index (χ3v) is 8.35. The molecule has 0 aromatic heterocycles. The van der Waals surface area contributed by atoms with Crippen LogP contribution in [0.3, 0.4) is 0 Å². The highest BCUT2D eigenvalue weighted by Crippen LogP contribution is 2.21. The van der Waals surface area contributed by atoms with E-state index in [2.05, 4.69) is 26.9 Å².